The standard InChI is InChI=1S/C10H21N3O2S/c1-10-5-4-8-13(9-10)16(14,15)12-7-3-2-6-11/h2-3,10,12H,4-9,11H2,1H3/b3-2+. The van der Waals surface area contributed by atoms with Crippen LogP contribution in [-0.2, 0) is 10.2 Å². The second kappa shape index (κ2) is 6.34. The summed E-state index contributed by atoms with van der Waals surface area (Å²) < 4.78 is 27.8. The van der Waals surface area contributed by atoms with Crippen molar-refractivity contribution in [3.05, 3.63) is 12.2 Å². The van der Waals surface area contributed by atoms with Crippen molar-refractivity contribution >= 4 is 10.2 Å². The summed E-state index contributed by atoms with van der Waals surface area (Å²) in [4.78, 5) is 0. The van der Waals surface area contributed by atoms with Crippen LogP contribution in [0.4, 0.5) is 0 Å². The third-order valence-electron chi connectivity index (χ3n) is 2.65. The number of hydrogen-bond acceptors (Lipinski definition) is 3. The number of nitrogens with zero attached hydrogens (tertiary/aromatic N) is 1. The van der Waals surface area contributed by atoms with E-state index in [0.29, 0.717) is 32.1 Å². The highest BCUT2D eigenvalue weighted by molar-refractivity contribution is 7.87. The molecule has 0 saturated carbocycles. The average Bonchev–Trinajstić information content (AvgIpc) is 2.24. The highest BCUT2D eigenvalue weighted by atomic mass is 32.2. The Bertz CT molecular complexity index is 327. The van der Waals surface area contributed by atoms with Gasteiger partial charge in [-0.05, 0) is 18.8 Å². The molecule has 1 aliphatic heterocycles. The molecule has 0 aromatic rings. The van der Waals surface area contributed by atoms with Gasteiger partial charge in [-0.2, -0.15) is 17.4 Å². The first-order chi connectivity index (χ1) is 7.56. The van der Waals surface area contributed by atoms with E-state index in [1.807, 2.05) is 0 Å². The van der Waals surface area contributed by atoms with Gasteiger partial charge in [0.15, 0.2) is 0 Å². The van der Waals surface area contributed by atoms with Gasteiger partial charge < -0.3 is 5.73 Å². The average molecular weight is 247 g/mol. The number of piperidine rings is 1. The van der Waals surface area contributed by atoms with Crippen molar-refractivity contribution in [1.29, 1.82) is 0 Å². The van der Waals surface area contributed by atoms with E-state index >= 15 is 0 Å². The molecule has 0 aromatic carbocycles. The predicted octanol–water partition coefficient (Wildman–Crippen LogP) is 0.0676. The molecular weight excluding hydrogens is 226 g/mol. The van der Waals surface area contributed by atoms with Gasteiger partial charge in [0, 0.05) is 26.2 Å². The lowest BCUT2D eigenvalue weighted by Crippen LogP contribution is -2.45. The van der Waals surface area contributed by atoms with Crippen LogP contribution in [0.5, 0.6) is 0 Å². The fraction of sp³-hybridized carbons (Fsp3) is 0.800. The molecule has 6 heteroatoms. The maximum absolute atomic E-state index is 11.8. The van der Waals surface area contributed by atoms with Gasteiger partial charge in [0.25, 0.3) is 10.2 Å². The molecule has 0 aromatic heterocycles. The first-order valence-electron chi connectivity index (χ1n) is 5.66. The molecule has 1 heterocycles. The Hall–Kier alpha value is -0.430. The van der Waals surface area contributed by atoms with Crippen LogP contribution in [0.15, 0.2) is 12.2 Å². The Labute approximate surface area is 97.9 Å². The first-order valence-corrected chi connectivity index (χ1v) is 7.10. The third-order valence-corrected chi connectivity index (χ3v) is 4.19. The lowest BCUT2D eigenvalue weighted by atomic mass is 10.0. The van der Waals surface area contributed by atoms with Crippen molar-refractivity contribution in [1.82, 2.24) is 9.03 Å². The lowest BCUT2D eigenvalue weighted by Gasteiger charge is -2.29. The van der Waals surface area contributed by atoms with Crippen molar-refractivity contribution < 1.29 is 8.42 Å². The molecule has 1 atom stereocenters. The van der Waals surface area contributed by atoms with Crippen LogP contribution in [0.1, 0.15) is 19.8 Å². The Balaban J connectivity index is 2.46. The summed E-state index contributed by atoms with van der Waals surface area (Å²) in [7, 11) is -3.31. The van der Waals surface area contributed by atoms with Crippen LogP contribution in [0, 0.1) is 5.92 Å². The van der Waals surface area contributed by atoms with E-state index in [9.17, 15) is 8.42 Å². The number of rotatable bonds is 5. The van der Waals surface area contributed by atoms with E-state index in [1.165, 1.54) is 4.31 Å². The van der Waals surface area contributed by atoms with Gasteiger partial charge in [-0.1, -0.05) is 19.1 Å². The van der Waals surface area contributed by atoms with Gasteiger partial charge in [-0.15, -0.1) is 0 Å². The van der Waals surface area contributed by atoms with E-state index in [0.717, 1.165) is 12.8 Å². The van der Waals surface area contributed by atoms with E-state index < -0.39 is 10.2 Å². The molecule has 1 rings (SSSR count). The molecule has 0 spiro atoms. The van der Waals surface area contributed by atoms with Gasteiger partial charge in [0.05, 0.1) is 0 Å². The zero-order valence-electron chi connectivity index (χ0n) is 9.72. The molecule has 94 valence electrons. The molecule has 1 unspecified atom stereocenters. The topological polar surface area (TPSA) is 75.4 Å². The van der Waals surface area contributed by atoms with Crippen molar-refractivity contribution in [3.8, 4) is 0 Å². The minimum atomic E-state index is -3.31. The molecule has 0 aliphatic carbocycles. The molecule has 5 nitrogen and oxygen atoms in total. The summed E-state index contributed by atoms with van der Waals surface area (Å²) in [6, 6.07) is 0. The molecule has 0 amide bonds. The minimum Gasteiger partial charge on any atom is -0.327 e. The molecular formula is C10H21N3O2S. The molecule has 1 aliphatic rings. The van der Waals surface area contributed by atoms with Crippen LogP contribution in [0.25, 0.3) is 0 Å². The smallest absolute Gasteiger partial charge is 0.279 e. The number of nitrogens with two attached hydrogens (primary N) is 1. The zero-order valence-corrected chi connectivity index (χ0v) is 10.5. The summed E-state index contributed by atoms with van der Waals surface area (Å²) in [6.07, 6.45) is 5.52. The van der Waals surface area contributed by atoms with Crippen molar-refractivity contribution in [2.75, 3.05) is 26.2 Å². The molecule has 0 radical (unpaired) electrons. The summed E-state index contributed by atoms with van der Waals surface area (Å²) in [5, 5.41) is 0. The highest BCUT2D eigenvalue weighted by Crippen LogP contribution is 2.17. The van der Waals surface area contributed by atoms with Crippen LogP contribution < -0.4 is 10.5 Å². The Morgan fingerprint density at radius 1 is 1.50 bits per heavy atom. The summed E-state index contributed by atoms with van der Waals surface area (Å²) >= 11 is 0. The minimum absolute atomic E-state index is 0.310. The van der Waals surface area contributed by atoms with E-state index in [-0.39, 0.29) is 0 Å². The molecule has 3 N–H and O–H groups in total. The van der Waals surface area contributed by atoms with Gasteiger partial charge in [0.2, 0.25) is 0 Å². The monoisotopic (exact) mass is 247 g/mol. The normalized spacial score (nSPS) is 24.0. The van der Waals surface area contributed by atoms with E-state index in [1.54, 1.807) is 12.2 Å². The number of hydrogen-bond donors (Lipinski definition) is 2. The summed E-state index contributed by atoms with van der Waals surface area (Å²) in [6.45, 7) is 4.07. The summed E-state index contributed by atoms with van der Waals surface area (Å²) in [5.74, 6) is 0.449. The van der Waals surface area contributed by atoms with Gasteiger partial charge in [-0.3, -0.25) is 0 Å². The highest BCUT2D eigenvalue weighted by Gasteiger charge is 2.25. The van der Waals surface area contributed by atoms with Crippen LogP contribution >= 0.6 is 0 Å². The molecule has 1 fully saturated rings. The van der Waals surface area contributed by atoms with Crippen LogP contribution in [0.2, 0.25) is 0 Å². The maximum atomic E-state index is 11.8. The summed E-state index contributed by atoms with van der Waals surface area (Å²) in [5.41, 5.74) is 5.26. The van der Waals surface area contributed by atoms with Gasteiger partial charge in [-0.25, -0.2) is 0 Å². The lowest BCUT2D eigenvalue weighted by molar-refractivity contribution is 0.278. The second-order valence-electron chi connectivity index (χ2n) is 4.17. The first kappa shape index (κ1) is 13.6. The maximum Gasteiger partial charge on any atom is 0.279 e. The Morgan fingerprint density at radius 3 is 2.88 bits per heavy atom. The largest absolute Gasteiger partial charge is 0.327 e. The fourth-order valence-corrected chi connectivity index (χ4v) is 3.10. The van der Waals surface area contributed by atoms with Gasteiger partial charge >= 0.3 is 0 Å². The zero-order chi connectivity index (χ0) is 12.0. The van der Waals surface area contributed by atoms with Crippen molar-refractivity contribution in [2.24, 2.45) is 11.7 Å². The number of nitrogens with one attached hydrogen (secondary N) is 1. The predicted molar refractivity (Wildman–Crippen MR) is 65.1 cm³/mol. The Morgan fingerprint density at radius 2 is 2.25 bits per heavy atom. The molecule has 16 heavy (non-hydrogen) atoms. The van der Waals surface area contributed by atoms with Crippen molar-refractivity contribution in [3.63, 3.8) is 0 Å². The quantitative estimate of drug-likeness (QED) is 0.675. The van der Waals surface area contributed by atoms with Crippen LogP contribution in [0.3, 0.4) is 0 Å². The van der Waals surface area contributed by atoms with Gasteiger partial charge in [0.1, 0.15) is 0 Å². The third kappa shape index (κ3) is 4.21. The fourth-order valence-electron chi connectivity index (χ4n) is 1.79. The Kier molecular flexibility index (Phi) is 5.40. The van der Waals surface area contributed by atoms with Crippen molar-refractivity contribution in [2.45, 2.75) is 19.8 Å². The molecule has 1 saturated heterocycles. The molecule has 0 bridgehead atoms. The van der Waals surface area contributed by atoms with Crippen LogP contribution in [-0.4, -0.2) is 38.9 Å². The second-order valence-corrected chi connectivity index (χ2v) is 5.92. The SMILES string of the molecule is CC1CCCN(S(=O)(=O)NC/C=C/CN)C1. The van der Waals surface area contributed by atoms with E-state index in [2.05, 4.69) is 11.6 Å². The van der Waals surface area contributed by atoms with E-state index in [4.69, 9.17) is 5.73 Å².